The number of aryl methyl sites for hydroxylation is 2. The number of ketones is 2. The average Bonchev–Trinajstić information content (AvgIpc) is 3.81. The van der Waals surface area contributed by atoms with Crippen LogP contribution in [0.4, 0.5) is 0 Å². The highest BCUT2D eigenvalue weighted by Gasteiger charge is 2.32. The van der Waals surface area contributed by atoms with E-state index in [0.717, 1.165) is 78.7 Å². The molecular formula is C38H35N3O4. The lowest BCUT2D eigenvalue weighted by molar-refractivity contribution is 0.100. The predicted octanol–water partition coefficient (Wildman–Crippen LogP) is 9.16. The topological polar surface area (TPSA) is 108 Å². The molecule has 7 aromatic rings. The fourth-order valence-corrected chi connectivity index (χ4v) is 7.14. The van der Waals surface area contributed by atoms with Crippen LogP contribution in [-0.2, 0) is 0 Å². The van der Waals surface area contributed by atoms with Crippen LogP contribution in [0.1, 0.15) is 103 Å². The van der Waals surface area contributed by atoms with Crippen molar-refractivity contribution >= 4 is 33.5 Å². The molecule has 7 heteroatoms. The van der Waals surface area contributed by atoms with Crippen LogP contribution in [0.5, 0.6) is 0 Å². The van der Waals surface area contributed by atoms with Crippen LogP contribution < -0.4 is 0 Å². The molecule has 0 aliphatic heterocycles. The van der Waals surface area contributed by atoms with Gasteiger partial charge in [0.15, 0.2) is 11.6 Å². The summed E-state index contributed by atoms with van der Waals surface area (Å²) in [5, 5.41) is 2.01. The van der Waals surface area contributed by atoms with Gasteiger partial charge in [0.1, 0.15) is 22.7 Å². The van der Waals surface area contributed by atoms with Gasteiger partial charge in [-0.2, -0.15) is 0 Å². The normalized spacial score (nSPS) is 13.1. The molecule has 3 N–H and O–H groups in total. The summed E-state index contributed by atoms with van der Waals surface area (Å²) in [6.45, 7) is 11.0. The average molecular weight is 598 g/mol. The van der Waals surface area contributed by atoms with E-state index in [2.05, 4.69) is 39.2 Å². The Morgan fingerprint density at radius 1 is 0.578 bits per heavy atom. The Morgan fingerprint density at radius 2 is 0.978 bits per heavy atom. The summed E-state index contributed by atoms with van der Waals surface area (Å²) < 4.78 is 12.9. The van der Waals surface area contributed by atoms with Crippen molar-refractivity contribution in [2.45, 2.75) is 53.4 Å². The summed E-state index contributed by atoms with van der Waals surface area (Å²) in [4.78, 5) is 36.1. The molecule has 7 nitrogen and oxygen atoms in total. The van der Waals surface area contributed by atoms with Crippen LogP contribution in [0, 0.1) is 27.7 Å². The van der Waals surface area contributed by atoms with Crippen LogP contribution in [0.25, 0.3) is 21.9 Å². The van der Waals surface area contributed by atoms with Gasteiger partial charge in [0.05, 0.1) is 11.8 Å². The third-order valence-corrected chi connectivity index (χ3v) is 9.05. The largest absolute Gasteiger partial charge is 0.460 e. The Kier molecular flexibility index (Phi) is 6.77. The van der Waals surface area contributed by atoms with E-state index in [-0.39, 0.29) is 23.4 Å². The molecule has 226 valence electrons. The Morgan fingerprint density at radius 3 is 1.33 bits per heavy atom. The second-order valence-corrected chi connectivity index (χ2v) is 12.0. The van der Waals surface area contributed by atoms with E-state index in [0.29, 0.717) is 11.1 Å². The molecule has 7 rings (SSSR count). The van der Waals surface area contributed by atoms with Crippen molar-refractivity contribution in [3.8, 4) is 0 Å². The number of aromatic amines is 3. The van der Waals surface area contributed by atoms with Gasteiger partial charge >= 0.3 is 0 Å². The highest BCUT2D eigenvalue weighted by molar-refractivity contribution is 5.98. The smallest absolute Gasteiger partial charge is 0.161 e. The van der Waals surface area contributed by atoms with Gasteiger partial charge in [0, 0.05) is 56.1 Å². The van der Waals surface area contributed by atoms with Crippen molar-refractivity contribution in [3.05, 3.63) is 141 Å². The lowest BCUT2D eigenvalue weighted by Crippen LogP contribution is -2.08. The van der Waals surface area contributed by atoms with Gasteiger partial charge in [0.2, 0.25) is 0 Å². The summed E-state index contributed by atoms with van der Waals surface area (Å²) >= 11 is 0. The molecule has 0 aliphatic carbocycles. The minimum atomic E-state index is -0.339. The molecule has 0 spiro atoms. The van der Waals surface area contributed by atoms with E-state index in [4.69, 9.17) is 8.83 Å². The zero-order chi connectivity index (χ0) is 31.6. The lowest BCUT2D eigenvalue weighted by Gasteiger charge is -2.16. The SMILES string of the molecule is CC(=O)c1c(C)[nH]c(C(c2ccc(C(c3cc4ccccc4o3)c3[nH]c(C)c(C(C)=O)c3C)[nH]2)c2cc3ccccc3o2)c1C. The number of carbonyl (C=O) groups is 2. The number of hydrogen-bond donors (Lipinski definition) is 3. The van der Waals surface area contributed by atoms with Gasteiger partial charge in [-0.05, 0) is 89.1 Å². The minimum absolute atomic E-state index is 0.0202. The van der Waals surface area contributed by atoms with Gasteiger partial charge in [-0.3, -0.25) is 9.59 Å². The number of benzene rings is 2. The van der Waals surface area contributed by atoms with Crippen LogP contribution in [-0.4, -0.2) is 26.5 Å². The summed E-state index contributed by atoms with van der Waals surface area (Å²) in [5.41, 5.74) is 10.1. The summed E-state index contributed by atoms with van der Waals surface area (Å²) in [6.07, 6.45) is 0. The molecule has 0 fully saturated rings. The zero-order valence-electron chi connectivity index (χ0n) is 26.2. The van der Waals surface area contributed by atoms with Crippen LogP contribution in [0.2, 0.25) is 0 Å². The van der Waals surface area contributed by atoms with Gasteiger partial charge in [0.25, 0.3) is 0 Å². The van der Waals surface area contributed by atoms with E-state index in [9.17, 15) is 9.59 Å². The van der Waals surface area contributed by atoms with Crippen molar-refractivity contribution in [3.63, 3.8) is 0 Å². The fourth-order valence-electron chi connectivity index (χ4n) is 7.14. The van der Waals surface area contributed by atoms with Crippen LogP contribution >= 0.6 is 0 Å². The molecule has 2 unspecified atom stereocenters. The number of nitrogens with one attached hydrogen (secondary N) is 3. The fraction of sp³-hybridized carbons (Fsp3) is 0.211. The number of rotatable bonds is 8. The van der Waals surface area contributed by atoms with E-state index >= 15 is 0 Å². The van der Waals surface area contributed by atoms with Gasteiger partial charge in [-0.15, -0.1) is 0 Å². The van der Waals surface area contributed by atoms with E-state index in [1.54, 1.807) is 13.8 Å². The maximum absolute atomic E-state index is 12.6. The molecule has 0 saturated heterocycles. The standard InChI is InChI=1S/C38H35N3O4/c1-19-33(23(5)42)21(3)39-37(19)35(31-17-25-11-7-9-13-29(25)44-31)27-15-16-28(41-27)36(32-18-26-12-8-10-14-30(26)45-32)38-20(2)34(24(6)43)22(4)40-38/h7-18,35-36,39-41H,1-6H3. The Labute approximate surface area is 260 Å². The maximum Gasteiger partial charge on any atom is 0.161 e. The van der Waals surface area contributed by atoms with Crippen molar-refractivity contribution < 1.29 is 18.4 Å². The molecule has 0 radical (unpaired) electrons. The Bertz CT molecular complexity index is 2030. The number of hydrogen-bond acceptors (Lipinski definition) is 4. The molecule has 5 aromatic heterocycles. The third-order valence-electron chi connectivity index (χ3n) is 9.05. The molecule has 0 saturated carbocycles. The second kappa shape index (κ2) is 10.7. The molecule has 0 aliphatic rings. The minimum Gasteiger partial charge on any atom is -0.460 e. The quantitative estimate of drug-likeness (QED) is 0.152. The number of furan rings is 2. The second-order valence-electron chi connectivity index (χ2n) is 12.0. The number of H-pyrrole nitrogens is 3. The first-order chi connectivity index (χ1) is 21.6. The Hall–Kier alpha value is -5.30. The van der Waals surface area contributed by atoms with Crippen molar-refractivity contribution in [2.75, 3.05) is 0 Å². The first-order valence-corrected chi connectivity index (χ1v) is 15.2. The maximum atomic E-state index is 12.6. The number of fused-ring (bicyclic) bond motifs is 2. The molecule has 5 heterocycles. The summed E-state index contributed by atoms with van der Waals surface area (Å²) in [6, 6.07) is 24.2. The molecule has 0 bridgehead atoms. The first-order valence-electron chi connectivity index (χ1n) is 15.2. The van der Waals surface area contributed by atoms with Crippen molar-refractivity contribution in [1.82, 2.24) is 15.0 Å². The van der Waals surface area contributed by atoms with E-state index < -0.39 is 0 Å². The van der Waals surface area contributed by atoms with Crippen LogP contribution in [0.3, 0.4) is 0 Å². The molecule has 2 aromatic carbocycles. The number of Topliss-reactive ketones (excluding diaryl/α,β-unsaturated/α-hetero) is 2. The molecular weight excluding hydrogens is 562 g/mol. The van der Waals surface area contributed by atoms with E-state index in [1.807, 2.05) is 76.2 Å². The molecule has 0 amide bonds. The molecule has 45 heavy (non-hydrogen) atoms. The highest BCUT2D eigenvalue weighted by atomic mass is 16.3. The lowest BCUT2D eigenvalue weighted by atomic mass is 9.93. The number of aromatic nitrogens is 3. The number of carbonyl (C=O) groups excluding carboxylic acids is 2. The van der Waals surface area contributed by atoms with Crippen molar-refractivity contribution in [1.29, 1.82) is 0 Å². The first kappa shape index (κ1) is 28.5. The highest BCUT2D eigenvalue weighted by Crippen LogP contribution is 2.41. The summed E-state index contributed by atoms with van der Waals surface area (Å²) in [5.74, 6) is 0.881. The Balaban J connectivity index is 1.43. The monoisotopic (exact) mass is 597 g/mol. The van der Waals surface area contributed by atoms with Gasteiger partial charge in [-0.1, -0.05) is 36.4 Å². The third kappa shape index (κ3) is 4.67. The predicted molar refractivity (Wildman–Crippen MR) is 176 cm³/mol. The molecule has 2 atom stereocenters. The van der Waals surface area contributed by atoms with Crippen molar-refractivity contribution in [2.24, 2.45) is 0 Å². The van der Waals surface area contributed by atoms with Crippen LogP contribution in [0.15, 0.2) is 81.6 Å². The van der Waals surface area contributed by atoms with Gasteiger partial charge in [-0.25, -0.2) is 0 Å². The zero-order valence-corrected chi connectivity index (χ0v) is 26.2. The van der Waals surface area contributed by atoms with E-state index in [1.165, 1.54) is 0 Å². The number of para-hydroxylation sites is 2. The summed E-state index contributed by atoms with van der Waals surface area (Å²) in [7, 11) is 0. The van der Waals surface area contributed by atoms with Gasteiger partial charge < -0.3 is 23.8 Å².